The molecule has 4 nitrogen and oxygen atoms in total. The topological polar surface area (TPSA) is 33.1 Å². The molecule has 0 radical (unpaired) electrons. The first-order valence-corrected chi connectivity index (χ1v) is 9.47. The number of hydrogen-bond donors (Lipinski definition) is 1. The predicted molar refractivity (Wildman–Crippen MR) is 95.6 cm³/mol. The quantitative estimate of drug-likeness (QED) is 0.874. The molecule has 1 N–H and O–H groups in total. The highest BCUT2D eigenvalue weighted by molar-refractivity contribution is 5.22. The summed E-state index contributed by atoms with van der Waals surface area (Å²) < 4.78 is 2.02. The highest BCUT2D eigenvalue weighted by Crippen LogP contribution is 2.52. The minimum atomic E-state index is 0.690. The van der Waals surface area contributed by atoms with Crippen LogP contribution < -0.4 is 5.32 Å². The molecule has 0 unspecified atom stereocenters. The molecule has 130 valence electrons. The Labute approximate surface area is 141 Å². The van der Waals surface area contributed by atoms with Crippen molar-refractivity contribution in [3.05, 3.63) is 17.5 Å². The summed E-state index contributed by atoms with van der Waals surface area (Å²) >= 11 is 0. The zero-order chi connectivity index (χ0) is 16.3. The van der Waals surface area contributed by atoms with Crippen molar-refractivity contribution in [2.75, 3.05) is 27.2 Å². The van der Waals surface area contributed by atoms with Crippen LogP contribution >= 0.6 is 0 Å². The first kappa shape index (κ1) is 17.0. The Balaban J connectivity index is 1.63. The van der Waals surface area contributed by atoms with Crippen LogP contribution in [0.5, 0.6) is 0 Å². The van der Waals surface area contributed by atoms with Gasteiger partial charge in [-0.2, -0.15) is 5.10 Å². The lowest BCUT2D eigenvalue weighted by Gasteiger charge is -2.37. The van der Waals surface area contributed by atoms with Gasteiger partial charge in [0.25, 0.3) is 0 Å². The van der Waals surface area contributed by atoms with Crippen LogP contribution in [0.25, 0.3) is 0 Å². The van der Waals surface area contributed by atoms with Gasteiger partial charge in [0.1, 0.15) is 0 Å². The smallest absolute Gasteiger partial charge is 0.0700 e. The zero-order valence-corrected chi connectivity index (χ0v) is 15.3. The van der Waals surface area contributed by atoms with Crippen molar-refractivity contribution < 1.29 is 0 Å². The van der Waals surface area contributed by atoms with Crippen LogP contribution in [0.4, 0.5) is 0 Å². The summed E-state index contributed by atoms with van der Waals surface area (Å²) in [6.45, 7) is 3.14. The predicted octanol–water partition coefficient (Wildman–Crippen LogP) is 3.29. The maximum absolute atomic E-state index is 4.86. The van der Waals surface area contributed by atoms with E-state index in [4.69, 9.17) is 5.10 Å². The Kier molecular flexibility index (Phi) is 5.42. The Morgan fingerprint density at radius 1 is 1.26 bits per heavy atom. The largest absolute Gasteiger partial charge is 0.318 e. The maximum atomic E-state index is 4.86. The van der Waals surface area contributed by atoms with Gasteiger partial charge in [-0.1, -0.05) is 12.8 Å². The van der Waals surface area contributed by atoms with E-state index in [-0.39, 0.29) is 0 Å². The van der Waals surface area contributed by atoms with Crippen LogP contribution in [-0.2, 0) is 13.6 Å². The van der Waals surface area contributed by atoms with E-state index in [1.54, 1.807) is 0 Å². The molecule has 2 fully saturated rings. The summed E-state index contributed by atoms with van der Waals surface area (Å²) in [6.07, 6.45) is 13.7. The van der Waals surface area contributed by atoms with Gasteiger partial charge in [0, 0.05) is 44.4 Å². The molecule has 0 atom stereocenters. The lowest BCUT2D eigenvalue weighted by molar-refractivity contribution is 0.179. The molecule has 3 rings (SSSR count). The number of hydrogen-bond acceptors (Lipinski definition) is 3. The van der Waals surface area contributed by atoms with Crippen LogP contribution in [0.1, 0.15) is 68.5 Å². The molecular formula is C19H34N4. The molecule has 0 amide bonds. The minimum Gasteiger partial charge on any atom is -0.318 e. The van der Waals surface area contributed by atoms with Gasteiger partial charge in [0.05, 0.1) is 5.69 Å². The third-order valence-corrected chi connectivity index (χ3v) is 6.22. The molecule has 1 aromatic heterocycles. The molecule has 0 aromatic carbocycles. The summed E-state index contributed by atoms with van der Waals surface area (Å²) in [7, 11) is 6.30. The van der Waals surface area contributed by atoms with Crippen molar-refractivity contribution in [3.63, 3.8) is 0 Å². The lowest BCUT2D eigenvalue weighted by atomic mass is 9.68. The first-order chi connectivity index (χ1) is 11.1. The number of likely N-dealkylation sites (N-methyl/N-ethyl adjacent to an activating group) is 2. The fourth-order valence-electron chi connectivity index (χ4n) is 4.82. The summed E-state index contributed by atoms with van der Waals surface area (Å²) in [6, 6.07) is 0. The summed E-state index contributed by atoms with van der Waals surface area (Å²) in [5.74, 6) is 0.690. The SMILES string of the molecule is CNCCN(C)Cc1cn(C)nc1C1CCC2(CCCC2)CC1. The molecule has 23 heavy (non-hydrogen) atoms. The van der Waals surface area contributed by atoms with E-state index >= 15 is 0 Å². The third kappa shape index (κ3) is 3.97. The van der Waals surface area contributed by atoms with Crippen LogP contribution in [0.2, 0.25) is 0 Å². The monoisotopic (exact) mass is 318 g/mol. The van der Waals surface area contributed by atoms with Gasteiger partial charge < -0.3 is 10.2 Å². The van der Waals surface area contributed by atoms with Gasteiger partial charge in [-0.3, -0.25) is 4.68 Å². The molecule has 2 saturated carbocycles. The average molecular weight is 319 g/mol. The normalized spacial score (nSPS) is 21.6. The number of nitrogens with one attached hydrogen (secondary N) is 1. The van der Waals surface area contributed by atoms with Crippen molar-refractivity contribution >= 4 is 0 Å². The van der Waals surface area contributed by atoms with Crippen LogP contribution in [0.3, 0.4) is 0 Å². The molecule has 1 heterocycles. The maximum Gasteiger partial charge on any atom is 0.0700 e. The van der Waals surface area contributed by atoms with Gasteiger partial charge in [-0.05, 0) is 58.0 Å². The molecule has 4 heteroatoms. The van der Waals surface area contributed by atoms with Crippen molar-refractivity contribution in [1.82, 2.24) is 20.0 Å². The number of rotatable bonds is 6. The summed E-state index contributed by atoms with van der Waals surface area (Å²) in [4.78, 5) is 2.40. The molecule has 2 aliphatic rings. The molecule has 0 aliphatic heterocycles. The van der Waals surface area contributed by atoms with Gasteiger partial charge >= 0.3 is 0 Å². The number of aromatic nitrogens is 2. The van der Waals surface area contributed by atoms with E-state index in [9.17, 15) is 0 Å². The van der Waals surface area contributed by atoms with Crippen molar-refractivity contribution in [2.45, 2.75) is 63.8 Å². The number of aryl methyl sites for hydroxylation is 1. The molecule has 1 spiro atoms. The van der Waals surface area contributed by atoms with Gasteiger partial charge in [-0.15, -0.1) is 0 Å². The van der Waals surface area contributed by atoms with E-state index in [0.29, 0.717) is 5.92 Å². The van der Waals surface area contributed by atoms with Crippen molar-refractivity contribution in [3.8, 4) is 0 Å². The van der Waals surface area contributed by atoms with E-state index in [2.05, 4.69) is 30.5 Å². The molecule has 0 bridgehead atoms. The average Bonchev–Trinajstić information content (AvgIpc) is 3.13. The van der Waals surface area contributed by atoms with Gasteiger partial charge in [-0.25, -0.2) is 0 Å². The highest BCUT2D eigenvalue weighted by Gasteiger charge is 2.38. The van der Waals surface area contributed by atoms with Crippen LogP contribution in [0, 0.1) is 5.41 Å². The Morgan fingerprint density at radius 3 is 2.61 bits per heavy atom. The lowest BCUT2D eigenvalue weighted by Crippen LogP contribution is -2.28. The van der Waals surface area contributed by atoms with Gasteiger partial charge in [0.15, 0.2) is 0 Å². The highest BCUT2D eigenvalue weighted by atomic mass is 15.3. The van der Waals surface area contributed by atoms with Crippen molar-refractivity contribution in [2.24, 2.45) is 12.5 Å². The van der Waals surface area contributed by atoms with Crippen LogP contribution in [0.15, 0.2) is 6.20 Å². The van der Waals surface area contributed by atoms with E-state index in [1.807, 2.05) is 11.7 Å². The van der Waals surface area contributed by atoms with E-state index < -0.39 is 0 Å². The zero-order valence-electron chi connectivity index (χ0n) is 15.3. The van der Waals surface area contributed by atoms with Crippen molar-refractivity contribution in [1.29, 1.82) is 0 Å². The fraction of sp³-hybridized carbons (Fsp3) is 0.842. The molecular weight excluding hydrogens is 284 g/mol. The first-order valence-electron chi connectivity index (χ1n) is 9.47. The molecule has 0 saturated heterocycles. The third-order valence-electron chi connectivity index (χ3n) is 6.22. The van der Waals surface area contributed by atoms with E-state index in [0.717, 1.165) is 25.0 Å². The van der Waals surface area contributed by atoms with Crippen LogP contribution in [-0.4, -0.2) is 41.9 Å². The fourth-order valence-corrected chi connectivity index (χ4v) is 4.82. The molecule has 1 aromatic rings. The second-order valence-corrected chi connectivity index (χ2v) is 8.04. The summed E-state index contributed by atoms with van der Waals surface area (Å²) in [5, 5.41) is 8.09. The number of nitrogens with zero attached hydrogens (tertiary/aromatic N) is 3. The Morgan fingerprint density at radius 2 is 1.96 bits per heavy atom. The van der Waals surface area contributed by atoms with E-state index in [1.165, 1.54) is 62.6 Å². The van der Waals surface area contributed by atoms with Gasteiger partial charge in [0.2, 0.25) is 0 Å². The summed E-state index contributed by atoms with van der Waals surface area (Å²) in [5.41, 5.74) is 3.55. The molecule has 2 aliphatic carbocycles. The second-order valence-electron chi connectivity index (χ2n) is 8.04. The second kappa shape index (κ2) is 7.35. The Hall–Kier alpha value is -0.870. The standard InChI is InChI=1S/C19H34N4/c1-20-12-13-22(2)14-17-15-23(3)21-18(17)16-6-10-19(11-7-16)8-4-5-9-19/h15-16,20H,4-14H2,1-3H3. The minimum absolute atomic E-state index is 0.690. The Bertz CT molecular complexity index is 491.